The van der Waals surface area contributed by atoms with E-state index < -0.39 is 0 Å². The first-order valence-corrected chi connectivity index (χ1v) is 10.7. The zero-order chi connectivity index (χ0) is 21.0. The van der Waals surface area contributed by atoms with Crippen molar-refractivity contribution in [3.05, 3.63) is 80.8 Å². The highest BCUT2D eigenvalue weighted by Crippen LogP contribution is 2.23. The van der Waals surface area contributed by atoms with E-state index in [-0.39, 0.29) is 11.9 Å². The third kappa shape index (κ3) is 5.04. The molecule has 0 N–H and O–H groups in total. The smallest absolute Gasteiger partial charge is 0.254 e. The molecule has 1 aromatic heterocycles. The molecule has 152 valence electrons. The average Bonchev–Trinajstić information content (AvgIpc) is 3.14. The molecule has 0 saturated carbocycles. The van der Waals surface area contributed by atoms with E-state index >= 15 is 0 Å². The molecular formula is C24H28N2O2S. The number of benzene rings is 2. The third-order valence-electron chi connectivity index (χ3n) is 5.10. The largest absolute Gasteiger partial charge is 0.486 e. The maximum absolute atomic E-state index is 13.1. The molecule has 1 amide bonds. The topological polar surface area (TPSA) is 42.4 Å². The Kier molecular flexibility index (Phi) is 6.70. The molecule has 0 saturated heterocycles. The van der Waals surface area contributed by atoms with E-state index in [2.05, 4.69) is 19.9 Å². The van der Waals surface area contributed by atoms with Crippen LogP contribution in [0.5, 0.6) is 5.75 Å². The summed E-state index contributed by atoms with van der Waals surface area (Å²) >= 11 is 1.57. The van der Waals surface area contributed by atoms with E-state index in [0.29, 0.717) is 13.2 Å². The summed E-state index contributed by atoms with van der Waals surface area (Å²) in [6, 6.07) is 13.9. The van der Waals surface area contributed by atoms with Crippen LogP contribution in [-0.2, 0) is 13.2 Å². The van der Waals surface area contributed by atoms with Gasteiger partial charge in [-0.1, -0.05) is 30.3 Å². The number of aryl methyl sites for hydroxylation is 2. The van der Waals surface area contributed by atoms with Crippen LogP contribution < -0.4 is 4.74 Å². The van der Waals surface area contributed by atoms with Crippen LogP contribution in [0.3, 0.4) is 0 Å². The number of ether oxygens (including phenoxy) is 1. The number of hydrogen-bond donors (Lipinski definition) is 0. The van der Waals surface area contributed by atoms with E-state index in [0.717, 1.165) is 33.1 Å². The van der Waals surface area contributed by atoms with Crippen LogP contribution in [0.25, 0.3) is 0 Å². The van der Waals surface area contributed by atoms with Gasteiger partial charge in [0.2, 0.25) is 0 Å². The van der Waals surface area contributed by atoms with Crippen LogP contribution in [0.1, 0.15) is 51.6 Å². The van der Waals surface area contributed by atoms with Gasteiger partial charge in [-0.25, -0.2) is 4.98 Å². The summed E-state index contributed by atoms with van der Waals surface area (Å²) in [7, 11) is 0. The molecule has 4 nitrogen and oxygen atoms in total. The number of hydrogen-bond acceptors (Lipinski definition) is 4. The fourth-order valence-electron chi connectivity index (χ4n) is 3.14. The predicted molar refractivity (Wildman–Crippen MR) is 119 cm³/mol. The Morgan fingerprint density at radius 2 is 1.79 bits per heavy atom. The first-order valence-electron chi connectivity index (χ1n) is 9.85. The van der Waals surface area contributed by atoms with Crippen molar-refractivity contribution in [2.45, 2.75) is 53.8 Å². The van der Waals surface area contributed by atoms with Gasteiger partial charge < -0.3 is 9.64 Å². The summed E-state index contributed by atoms with van der Waals surface area (Å²) in [6.45, 7) is 11.1. The quantitative estimate of drug-likeness (QED) is 0.504. The van der Waals surface area contributed by atoms with Crippen LogP contribution in [-0.4, -0.2) is 21.8 Å². The predicted octanol–water partition coefficient (Wildman–Crippen LogP) is 5.70. The van der Waals surface area contributed by atoms with Gasteiger partial charge in [0.15, 0.2) is 0 Å². The lowest BCUT2D eigenvalue weighted by molar-refractivity contribution is 0.0687. The Morgan fingerprint density at radius 3 is 2.52 bits per heavy atom. The van der Waals surface area contributed by atoms with Crippen molar-refractivity contribution in [1.29, 1.82) is 0 Å². The molecule has 0 bridgehead atoms. The van der Waals surface area contributed by atoms with Gasteiger partial charge in [0.25, 0.3) is 5.91 Å². The number of thiazole rings is 1. The van der Waals surface area contributed by atoms with Gasteiger partial charge in [0.05, 0.1) is 12.2 Å². The first kappa shape index (κ1) is 21.1. The molecule has 0 aliphatic carbocycles. The lowest BCUT2D eigenvalue weighted by Crippen LogP contribution is -2.36. The fourth-order valence-corrected chi connectivity index (χ4v) is 3.84. The molecule has 0 unspecified atom stereocenters. The Hall–Kier alpha value is -2.66. The van der Waals surface area contributed by atoms with E-state index in [1.165, 1.54) is 5.56 Å². The minimum atomic E-state index is 0.0410. The fraction of sp³-hybridized carbons (Fsp3) is 0.333. The van der Waals surface area contributed by atoms with Crippen molar-refractivity contribution in [1.82, 2.24) is 9.88 Å². The van der Waals surface area contributed by atoms with E-state index in [1.807, 2.05) is 67.4 Å². The maximum atomic E-state index is 13.1. The lowest BCUT2D eigenvalue weighted by Gasteiger charge is -2.26. The molecule has 0 aliphatic heterocycles. The Morgan fingerprint density at radius 1 is 1.07 bits per heavy atom. The normalized spacial score (nSPS) is 11.0. The lowest BCUT2D eigenvalue weighted by atomic mass is 10.1. The molecule has 29 heavy (non-hydrogen) atoms. The van der Waals surface area contributed by atoms with Gasteiger partial charge in [-0.2, -0.15) is 0 Å². The van der Waals surface area contributed by atoms with E-state index in [1.54, 1.807) is 11.3 Å². The molecule has 0 aliphatic rings. The van der Waals surface area contributed by atoms with Gasteiger partial charge in [0, 0.05) is 17.0 Å². The molecule has 2 aromatic carbocycles. The minimum Gasteiger partial charge on any atom is -0.486 e. The van der Waals surface area contributed by atoms with Gasteiger partial charge in [0.1, 0.15) is 17.4 Å². The van der Waals surface area contributed by atoms with E-state index in [9.17, 15) is 4.79 Å². The third-order valence-corrected chi connectivity index (χ3v) is 5.97. The van der Waals surface area contributed by atoms with Gasteiger partial charge in [-0.15, -0.1) is 11.3 Å². The van der Waals surface area contributed by atoms with Crippen LogP contribution in [0.15, 0.2) is 47.8 Å². The highest BCUT2D eigenvalue weighted by atomic mass is 32.1. The van der Waals surface area contributed by atoms with Crippen molar-refractivity contribution in [3.63, 3.8) is 0 Å². The monoisotopic (exact) mass is 408 g/mol. The highest BCUT2D eigenvalue weighted by Gasteiger charge is 2.21. The summed E-state index contributed by atoms with van der Waals surface area (Å²) < 4.78 is 5.97. The van der Waals surface area contributed by atoms with Crippen molar-refractivity contribution in [2.75, 3.05) is 0 Å². The average molecular weight is 409 g/mol. The second-order valence-electron chi connectivity index (χ2n) is 7.56. The zero-order valence-corrected chi connectivity index (χ0v) is 18.5. The molecule has 3 rings (SSSR count). The number of carbonyl (C=O) groups is 1. The summed E-state index contributed by atoms with van der Waals surface area (Å²) in [5.41, 5.74) is 4.99. The van der Waals surface area contributed by atoms with E-state index in [4.69, 9.17) is 9.72 Å². The number of carbonyl (C=O) groups excluding carboxylic acids is 1. The van der Waals surface area contributed by atoms with Crippen molar-refractivity contribution in [3.8, 4) is 5.75 Å². The summed E-state index contributed by atoms with van der Waals surface area (Å²) in [5, 5.41) is 2.93. The molecule has 0 radical (unpaired) electrons. The SMILES string of the molecule is Cc1ccccc1C(=O)N(Cc1csc(COc2cccc(C)c2C)n1)C(C)C. The number of aromatic nitrogens is 1. The minimum absolute atomic E-state index is 0.0410. The second-order valence-corrected chi connectivity index (χ2v) is 8.50. The van der Waals surface area contributed by atoms with Crippen molar-refractivity contribution in [2.24, 2.45) is 0 Å². The molecule has 0 spiro atoms. The van der Waals surface area contributed by atoms with Gasteiger partial charge >= 0.3 is 0 Å². The number of nitrogens with zero attached hydrogens (tertiary/aromatic N) is 2. The molecular weight excluding hydrogens is 380 g/mol. The van der Waals surface area contributed by atoms with Crippen LogP contribution in [0, 0.1) is 20.8 Å². The summed E-state index contributed by atoms with van der Waals surface area (Å²) in [4.78, 5) is 19.6. The molecule has 0 atom stereocenters. The van der Waals surface area contributed by atoms with Gasteiger partial charge in [-0.3, -0.25) is 4.79 Å². The second kappa shape index (κ2) is 9.23. The Bertz CT molecular complexity index is 994. The molecule has 3 aromatic rings. The standard InChI is InChI=1S/C24H28N2O2S/c1-16(2)26(24(27)21-11-7-6-9-18(21)4)13-20-15-29-23(25-20)14-28-22-12-8-10-17(3)19(22)5/h6-12,15-16H,13-14H2,1-5H3. The highest BCUT2D eigenvalue weighted by molar-refractivity contribution is 7.09. The van der Waals surface area contributed by atoms with Crippen molar-refractivity contribution < 1.29 is 9.53 Å². The van der Waals surface area contributed by atoms with Crippen LogP contribution >= 0.6 is 11.3 Å². The number of amides is 1. The van der Waals surface area contributed by atoms with Gasteiger partial charge in [-0.05, 0) is 63.4 Å². The number of rotatable bonds is 7. The molecule has 0 fully saturated rings. The van der Waals surface area contributed by atoms with Crippen molar-refractivity contribution >= 4 is 17.2 Å². The summed E-state index contributed by atoms with van der Waals surface area (Å²) in [6.07, 6.45) is 0. The summed E-state index contributed by atoms with van der Waals surface area (Å²) in [5.74, 6) is 0.930. The zero-order valence-electron chi connectivity index (χ0n) is 17.7. The van der Waals surface area contributed by atoms with Crippen LogP contribution in [0.4, 0.5) is 0 Å². The first-order chi connectivity index (χ1) is 13.9. The Balaban J connectivity index is 1.69. The molecule has 5 heteroatoms. The maximum Gasteiger partial charge on any atom is 0.254 e. The Labute approximate surface area is 177 Å². The molecule has 1 heterocycles. The van der Waals surface area contributed by atoms with Crippen LogP contribution in [0.2, 0.25) is 0 Å².